The van der Waals surface area contributed by atoms with Crippen LogP contribution in [0.4, 0.5) is 20.2 Å². The van der Waals surface area contributed by atoms with Gasteiger partial charge in [0, 0.05) is 22.6 Å². The molecule has 6 rings (SSSR count). The van der Waals surface area contributed by atoms with E-state index in [0.717, 1.165) is 34.0 Å². The van der Waals surface area contributed by atoms with Crippen molar-refractivity contribution in [2.24, 2.45) is 10.1 Å². The summed E-state index contributed by atoms with van der Waals surface area (Å²) in [5.74, 6) is -1.11. The summed E-state index contributed by atoms with van der Waals surface area (Å²) in [5.41, 5.74) is 2.86. The Morgan fingerprint density at radius 2 is 1.86 bits per heavy atom. The molecule has 0 aliphatic carbocycles. The third-order valence-corrected chi connectivity index (χ3v) is 6.67. The van der Waals surface area contributed by atoms with Crippen molar-refractivity contribution < 1.29 is 18.3 Å². The van der Waals surface area contributed by atoms with Gasteiger partial charge >= 0.3 is 0 Å². The number of amides is 1. The number of rotatable bonds is 4. The van der Waals surface area contributed by atoms with Gasteiger partial charge in [-0.3, -0.25) is 4.79 Å². The first kappa shape index (κ1) is 22.8. The van der Waals surface area contributed by atoms with Crippen LogP contribution in [0.2, 0.25) is 0 Å². The van der Waals surface area contributed by atoms with E-state index in [4.69, 9.17) is 9.84 Å². The smallest absolute Gasteiger partial charge is 0.262 e. The van der Waals surface area contributed by atoms with Crippen LogP contribution in [0, 0.1) is 11.6 Å². The molecule has 0 bridgehead atoms. The van der Waals surface area contributed by atoms with Crippen LogP contribution in [0.1, 0.15) is 5.56 Å². The third-order valence-electron chi connectivity index (χ3n) is 5.86. The minimum Gasteiger partial charge on any atom is -0.482 e. The first-order valence-corrected chi connectivity index (χ1v) is 12.2. The second-order valence-corrected chi connectivity index (χ2v) is 9.12. The van der Waals surface area contributed by atoms with Gasteiger partial charge in [0.15, 0.2) is 12.4 Å². The first-order chi connectivity index (χ1) is 18.0. The van der Waals surface area contributed by atoms with Crippen molar-refractivity contribution in [2.75, 3.05) is 11.9 Å². The van der Waals surface area contributed by atoms with E-state index in [0.29, 0.717) is 21.9 Å². The highest BCUT2D eigenvalue weighted by Gasteiger charge is 2.18. The van der Waals surface area contributed by atoms with Crippen molar-refractivity contribution in [3.05, 3.63) is 106 Å². The van der Waals surface area contributed by atoms with E-state index in [9.17, 15) is 13.6 Å². The molecule has 1 aliphatic heterocycles. The highest BCUT2D eigenvalue weighted by atomic mass is 32.1. The molecule has 37 heavy (non-hydrogen) atoms. The molecule has 4 aromatic carbocycles. The summed E-state index contributed by atoms with van der Waals surface area (Å²) >= 11 is 1.26. The number of hydrogen-bond acceptors (Lipinski definition) is 5. The zero-order valence-electron chi connectivity index (χ0n) is 19.2. The van der Waals surface area contributed by atoms with Crippen LogP contribution >= 0.6 is 11.3 Å². The van der Waals surface area contributed by atoms with Gasteiger partial charge in [-0.1, -0.05) is 42.5 Å². The molecule has 182 valence electrons. The van der Waals surface area contributed by atoms with E-state index in [1.807, 2.05) is 53.9 Å². The number of thiazole rings is 1. The molecule has 0 saturated carbocycles. The zero-order chi connectivity index (χ0) is 25.4. The highest BCUT2D eigenvalue weighted by Crippen LogP contribution is 2.33. The molecule has 0 radical (unpaired) electrons. The molecule has 0 fully saturated rings. The van der Waals surface area contributed by atoms with Crippen LogP contribution in [0.25, 0.3) is 22.0 Å². The van der Waals surface area contributed by atoms with Crippen LogP contribution in [-0.4, -0.2) is 23.4 Å². The number of fused-ring (bicyclic) bond motifs is 2. The highest BCUT2D eigenvalue weighted by molar-refractivity contribution is 7.07. The molecule has 1 aromatic heterocycles. The average Bonchev–Trinajstić information content (AvgIpc) is 3.30. The van der Waals surface area contributed by atoms with Crippen molar-refractivity contribution in [3.8, 4) is 17.0 Å². The lowest BCUT2D eigenvalue weighted by atomic mass is 10.1. The number of anilines is 1. The minimum atomic E-state index is -0.770. The Hall–Kier alpha value is -4.63. The molecule has 0 spiro atoms. The predicted molar refractivity (Wildman–Crippen MR) is 140 cm³/mol. The Morgan fingerprint density at radius 1 is 1.00 bits per heavy atom. The van der Waals surface area contributed by atoms with Crippen molar-refractivity contribution >= 4 is 45.6 Å². The fourth-order valence-electron chi connectivity index (χ4n) is 4.09. The SMILES string of the molecule is O=C1COc2ccc(-c3csc(=Nc4ccc(F)cc4F)n3N=Cc3cccc4ccccc34)cc2N1. The number of halogens is 2. The number of benzene rings is 4. The van der Waals surface area contributed by atoms with Crippen LogP contribution in [0.15, 0.2) is 94.3 Å². The van der Waals surface area contributed by atoms with Crippen molar-refractivity contribution in [3.63, 3.8) is 0 Å². The topological polar surface area (TPSA) is 68.0 Å². The van der Waals surface area contributed by atoms with Gasteiger partial charge in [-0.2, -0.15) is 5.10 Å². The van der Waals surface area contributed by atoms with Gasteiger partial charge < -0.3 is 10.1 Å². The maximum absolute atomic E-state index is 14.4. The summed E-state index contributed by atoms with van der Waals surface area (Å²) in [6, 6.07) is 22.6. The van der Waals surface area contributed by atoms with E-state index in [-0.39, 0.29) is 18.2 Å². The number of aromatic nitrogens is 1. The van der Waals surface area contributed by atoms with Crippen LogP contribution in [0.5, 0.6) is 5.75 Å². The summed E-state index contributed by atoms with van der Waals surface area (Å²) in [6.07, 6.45) is 1.72. The number of ether oxygens (including phenoxy) is 1. The lowest BCUT2D eigenvalue weighted by Gasteiger charge is -2.18. The molecule has 1 N–H and O–H groups in total. The molecule has 6 nitrogen and oxygen atoms in total. The number of nitrogens with one attached hydrogen (secondary N) is 1. The van der Waals surface area contributed by atoms with E-state index in [1.165, 1.54) is 17.4 Å². The Morgan fingerprint density at radius 3 is 2.76 bits per heavy atom. The molecule has 0 atom stereocenters. The number of hydrogen-bond donors (Lipinski definition) is 1. The molecule has 0 unspecified atom stereocenters. The molecule has 1 amide bonds. The van der Waals surface area contributed by atoms with Gasteiger partial charge in [0.2, 0.25) is 4.80 Å². The molecule has 5 aromatic rings. The van der Waals surface area contributed by atoms with Gasteiger partial charge in [0.1, 0.15) is 17.3 Å². The fraction of sp³-hybridized carbons (Fsp3) is 0.0357. The normalized spacial score (nSPS) is 13.6. The Labute approximate surface area is 213 Å². The fourth-order valence-corrected chi connectivity index (χ4v) is 4.94. The maximum Gasteiger partial charge on any atom is 0.262 e. The van der Waals surface area contributed by atoms with Gasteiger partial charge in [-0.15, -0.1) is 11.3 Å². The van der Waals surface area contributed by atoms with Gasteiger partial charge in [0.05, 0.1) is 17.6 Å². The third kappa shape index (κ3) is 4.52. The van der Waals surface area contributed by atoms with E-state index >= 15 is 0 Å². The van der Waals surface area contributed by atoms with Crippen molar-refractivity contribution in [1.82, 2.24) is 4.68 Å². The van der Waals surface area contributed by atoms with E-state index in [1.54, 1.807) is 23.0 Å². The maximum atomic E-state index is 14.4. The average molecular weight is 513 g/mol. The van der Waals surface area contributed by atoms with Crippen molar-refractivity contribution in [1.29, 1.82) is 0 Å². The monoisotopic (exact) mass is 512 g/mol. The van der Waals surface area contributed by atoms with Crippen LogP contribution in [0.3, 0.4) is 0 Å². The Bertz CT molecular complexity index is 1770. The predicted octanol–water partition coefficient (Wildman–Crippen LogP) is 6.09. The van der Waals surface area contributed by atoms with Gasteiger partial charge in [0.25, 0.3) is 5.91 Å². The molecule has 2 heterocycles. The summed E-state index contributed by atoms with van der Waals surface area (Å²) < 4.78 is 34.9. The summed E-state index contributed by atoms with van der Waals surface area (Å²) in [5, 5.41) is 11.5. The second-order valence-electron chi connectivity index (χ2n) is 8.28. The Kier molecular flexibility index (Phi) is 5.82. The number of carbonyl (C=O) groups excluding carboxylic acids is 1. The lowest BCUT2D eigenvalue weighted by molar-refractivity contribution is -0.118. The van der Waals surface area contributed by atoms with E-state index < -0.39 is 11.6 Å². The number of nitrogens with zero attached hydrogens (tertiary/aromatic N) is 3. The summed E-state index contributed by atoms with van der Waals surface area (Å²) in [7, 11) is 0. The van der Waals surface area contributed by atoms with Crippen LogP contribution in [-0.2, 0) is 4.79 Å². The standard InChI is InChI=1S/C28H18F2N4O2S/c29-20-9-10-23(22(30)13-20)33-28-34(31-14-19-6-3-5-17-4-1-2-7-21(17)19)25(16-37-28)18-8-11-26-24(12-18)32-27(35)15-36-26/h1-14,16H,15H2,(H,32,35). The zero-order valence-corrected chi connectivity index (χ0v) is 20.0. The molecule has 9 heteroatoms. The first-order valence-electron chi connectivity index (χ1n) is 11.3. The minimum absolute atomic E-state index is 0.00462. The molecule has 0 saturated heterocycles. The van der Waals surface area contributed by atoms with E-state index in [2.05, 4.69) is 10.3 Å². The summed E-state index contributed by atoms with van der Waals surface area (Å²) in [6.45, 7) is -0.0353. The Balaban J connectivity index is 1.51. The summed E-state index contributed by atoms with van der Waals surface area (Å²) in [4.78, 5) is 16.6. The quantitative estimate of drug-likeness (QED) is 0.296. The van der Waals surface area contributed by atoms with Crippen molar-refractivity contribution in [2.45, 2.75) is 0 Å². The van der Waals surface area contributed by atoms with Gasteiger partial charge in [-0.05, 0) is 41.1 Å². The molecular weight excluding hydrogens is 494 g/mol. The second kappa shape index (κ2) is 9.44. The lowest BCUT2D eigenvalue weighted by Crippen LogP contribution is -2.25. The van der Waals surface area contributed by atoms with Crippen LogP contribution < -0.4 is 14.9 Å². The van der Waals surface area contributed by atoms with Gasteiger partial charge in [-0.25, -0.2) is 18.4 Å². The largest absolute Gasteiger partial charge is 0.482 e. The molecule has 1 aliphatic rings. The molecular formula is C28H18F2N4O2S. The number of carbonyl (C=O) groups is 1.